The molecule has 0 aromatic heterocycles. The predicted octanol–water partition coefficient (Wildman–Crippen LogP) is 1.80. The van der Waals surface area contributed by atoms with E-state index in [1.54, 1.807) is 0 Å². The Morgan fingerprint density at radius 3 is 1.73 bits per heavy atom. The van der Waals surface area contributed by atoms with Gasteiger partial charge in [-0.1, -0.05) is 84.5 Å². The summed E-state index contributed by atoms with van der Waals surface area (Å²) < 4.78 is 35.6. The summed E-state index contributed by atoms with van der Waals surface area (Å²) in [5.41, 5.74) is 0. The van der Waals surface area contributed by atoms with E-state index < -0.39 is 10.4 Å². The monoisotopic (exact) mass is 344 g/mol. The molecule has 4 nitrogen and oxygen atoms in total. The minimum atomic E-state index is -4.53. The average molecular weight is 344 g/mol. The van der Waals surface area contributed by atoms with E-state index >= 15 is 0 Å². The Hall–Kier alpha value is 0.870. The average Bonchev–Trinajstić information content (AvgIpc) is 2.43. The quantitative estimate of drug-likeness (QED) is 0.197. The summed E-state index contributed by atoms with van der Waals surface area (Å²) in [5.74, 6) is 0.183. The van der Waals surface area contributed by atoms with Gasteiger partial charge in [0.15, 0.2) is 0 Å². The molecular formula is C16H33NaO4S. The molecule has 0 saturated carbocycles. The maximum Gasteiger partial charge on any atom is 1.00 e. The SMILES string of the molecule is CCCCCCCCCCCCC(CC)COS(=O)(=O)[O-].[Na+]. The molecule has 0 amide bonds. The Morgan fingerprint density at radius 2 is 1.32 bits per heavy atom. The van der Waals surface area contributed by atoms with E-state index in [1.807, 2.05) is 6.92 Å². The summed E-state index contributed by atoms with van der Waals surface area (Å²) in [6.45, 7) is 4.28. The second kappa shape index (κ2) is 16.7. The predicted molar refractivity (Wildman–Crippen MR) is 85.9 cm³/mol. The molecule has 0 aromatic carbocycles. The molecule has 0 N–H and O–H groups in total. The van der Waals surface area contributed by atoms with Crippen molar-refractivity contribution in [1.29, 1.82) is 0 Å². The number of hydrogen-bond acceptors (Lipinski definition) is 4. The summed E-state index contributed by atoms with van der Waals surface area (Å²) in [7, 11) is -4.53. The van der Waals surface area contributed by atoms with Gasteiger partial charge < -0.3 is 4.55 Å². The molecule has 0 aromatic rings. The molecular weight excluding hydrogens is 311 g/mol. The third-order valence-corrected chi connectivity index (χ3v) is 4.42. The van der Waals surface area contributed by atoms with Crippen molar-refractivity contribution < 1.29 is 46.7 Å². The van der Waals surface area contributed by atoms with Crippen LogP contribution in [0.3, 0.4) is 0 Å². The van der Waals surface area contributed by atoms with Crippen LogP contribution in [0.5, 0.6) is 0 Å². The second-order valence-electron chi connectivity index (χ2n) is 5.94. The number of unbranched alkanes of at least 4 members (excludes halogenated alkanes) is 9. The molecule has 0 saturated heterocycles. The van der Waals surface area contributed by atoms with Crippen LogP contribution in [0.25, 0.3) is 0 Å². The fourth-order valence-electron chi connectivity index (χ4n) is 2.51. The minimum Gasteiger partial charge on any atom is -0.726 e. The molecule has 0 aliphatic heterocycles. The van der Waals surface area contributed by atoms with Crippen molar-refractivity contribution in [2.45, 2.75) is 90.9 Å². The molecule has 0 fully saturated rings. The maximum absolute atomic E-state index is 10.4. The minimum absolute atomic E-state index is 0. The first kappa shape index (κ1) is 25.1. The molecule has 22 heavy (non-hydrogen) atoms. The molecule has 0 spiro atoms. The van der Waals surface area contributed by atoms with Crippen LogP contribution in [0.2, 0.25) is 0 Å². The van der Waals surface area contributed by atoms with Gasteiger partial charge in [0.05, 0.1) is 6.61 Å². The number of hydrogen-bond donors (Lipinski definition) is 0. The summed E-state index contributed by atoms with van der Waals surface area (Å²) in [6.07, 6.45) is 14.7. The molecule has 0 aliphatic rings. The van der Waals surface area contributed by atoms with Crippen LogP contribution in [-0.2, 0) is 14.6 Å². The van der Waals surface area contributed by atoms with E-state index in [0.717, 1.165) is 19.3 Å². The van der Waals surface area contributed by atoms with Gasteiger partial charge >= 0.3 is 29.6 Å². The molecule has 6 heteroatoms. The Balaban J connectivity index is 0. The molecule has 1 unspecified atom stereocenters. The third-order valence-electron chi connectivity index (χ3n) is 3.99. The first-order valence-corrected chi connectivity index (χ1v) is 9.93. The smallest absolute Gasteiger partial charge is 0.726 e. The van der Waals surface area contributed by atoms with Gasteiger partial charge in [-0.2, -0.15) is 0 Å². The van der Waals surface area contributed by atoms with Gasteiger partial charge in [-0.15, -0.1) is 0 Å². The zero-order valence-corrected chi connectivity index (χ0v) is 17.6. The van der Waals surface area contributed by atoms with E-state index in [2.05, 4.69) is 11.1 Å². The van der Waals surface area contributed by atoms with Crippen molar-refractivity contribution in [2.24, 2.45) is 5.92 Å². The van der Waals surface area contributed by atoms with Crippen LogP contribution < -0.4 is 29.6 Å². The molecule has 0 rings (SSSR count). The Kier molecular flexibility index (Phi) is 19.1. The molecule has 1 atom stereocenters. The summed E-state index contributed by atoms with van der Waals surface area (Å²) in [6, 6.07) is 0. The van der Waals surface area contributed by atoms with Crippen molar-refractivity contribution in [3.63, 3.8) is 0 Å². The van der Waals surface area contributed by atoms with Crippen LogP contribution in [0.1, 0.15) is 90.9 Å². The van der Waals surface area contributed by atoms with Crippen LogP contribution in [0.4, 0.5) is 0 Å². The van der Waals surface area contributed by atoms with E-state index in [9.17, 15) is 13.0 Å². The zero-order valence-electron chi connectivity index (χ0n) is 14.8. The topological polar surface area (TPSA) is 66.4 Å². The van der Waals surface area contributed by atoms with Gasteiger partial charge in [-0.25, -0.2) is 8.42 Å². The van der Waals surface area contributed by atoms with Gasteiger partial charge in [0.1, 0.15) is 0 Å². The van der Waals surface area contributed by atoms with Crippen LogP contribution in [0.15, 0.2) is 0 Å². The van der Waals surface area contributed by atoms with Crippen molar-refractivity contribution in [1.82, 2.24) is 0 Å². The second-order valence-corrected chi connectivity index (χ2v) is 6.99. The van der Waals surface area contributed by atoms with Gasteiger partial charge in [0.2, 0.25) is 10.4 Å². The largest absolute Gasteiger partial charge is 1.00 e. The van der Waals surface area contributed by atoms with Crippen molar-refractivity contribution >= 4 is 10.4 Å². The molecule has 0 radical (unpaired) electrons. The van der Waals surface area contributed by atoms with Gasteiger partial charge in [-0.3, -0.25) is 4.18 Å². The first-order chi connectivity index (χ1) is 9.99. The third kappa shape index (κ3) is 18.9. The van der Waals surface area contributed by atoms with Crippen LogP contribution in [-0.4, -0.2) is 19.6 Å². The van der Waals surface area contributed by atoms with Gasteiger partial charge in [0.25, 0.3) is 0 Å². The molecule has 128 valence electrons. The Bertz CT molecular complexity index is 320. The van der Waals surface area contributed by atoms with E-state index in [-0.39, 0.29) is 42.1 Å². The van der Waals surface area contributed by atoms with Crippen LogP contribution >= 0.6 is 0 Å². The number of rotatable bonds is 15. The van der Waals surface area contributed by atoms with Crippen molar-refractivity contribution in [2.75, 3.05) is 6.61 Å². The normalized spacial score (nSPS) is 12.9. The van der Waals surface area contributed by atoms with Gasteiger partial charge in [-0.05, 0) is 12.3 Å². The maximum atomic E-state index is 10.4. The first-order valence-electron chi connectivity index (χ1n) is 8.59. The molecule has 0 heterocycles. The van der Waals surface area contributed by atoms with Crippen molar-refractivity contribution in [3.8, 4) is 0 Å². The van der Waals surface area contributed by atoms with Crippen LogP contribution in [0, 0.1) is 5.92 Å². The van der Waals surface area contributed by atoms with E-state index in [1.165, 1.54) is 57.8 Å². The standard InChI is InChI=1S/C16H34O4S.Na/c1-3-5-6-7-8-9-10-11-12-13-14-16(4-2)15-20-21(17,18)19;/h16H,3-15H2,1-2H3,(H,17,18,19);/q;+1/p-1. The van der Waals surface area contributed by atoms with Crippen molar-refractivity contribution in [3.05, 3.63) is 0 Å². The summed E-state index contributed by atoms with van der Waals surface area (Å²) >= 11 is 0. The van der Waals surface area contributed by atoms with Gasteiger partial charge in [0, 0.05) is 0 Å². The molecule has 0 bridgehead atoms. The summed E-state index contributed by atoms with van der Waals surface area (Å²) in [4.78, 5) is 0. The fourth-order valence-corrected chi connectivity index (χ4v) is 2.86. The Labute approximate surface area is 160 Å². The van der Waals surface area contributed by atoms with E-state index in [4.69, 9.17) is 0 Å². The zero-order chi connectivity index (χ0) is 16.0. The fraction of sp³-hybridized carbons (Fsp3) is 1.00. The van der Waals surface area contributed by atoms with E-state index in [0.29, 0.717) is 0 Å². The Morgan fingerprint density at radius 1 is 0.864 bits per heavy atom. The molecule has 0 aliphatic carbocycles. The summed E-state index contributed by atoms with van der Waals surface area (Å²) in [5, 5.41) is 0.